The van der Waals surface area contributed by atoms with E-state index in [9.17, 15) is 9.59 Å². The molecule has 176 valence electrons. The predicted molar refractivity (Wildman–Crippen MR) is 135 cm³/mol. The van der Waals surface area contributed by atoms with Crippen LogP contribution in [0.4, 0.5) is 11.8 Å². The zero-order valence-corrected chi connectivity index (χ0v) is 20.6. The smallest absolute Gasteiger partial charge is 0.258 e. The molecule has 2 aromatic carbocycles. The molecule has 1 heterocycles. The van der Waals surface area contributed by atoms with Crippen molar-refractivity contribution in [1.82, 2.24) is 9.97 Å². The molecular formula is C24H30N4O4S. The van der Waals surface area contributed by atoms with E-state index in [1.54, 1.807) is 82.0 Å². The van der Waals surface area contributed by atoms with Gasteiger partial charge in [0, 0.05) is 22.9 Å². The van der Waals surface area contributed by atoms with E-state index in [0.29, 0.717) is 28.3 Å². The molecule has 1 aromatic heterocycles. The van der Waals surface area contributed by atoms with Crippen LogP contribution < -0.4 is 20.1 Å². The third-order valence-electron chi connectivity index (χ3n) is 4.03. The van der Waals surface area contributed by atoms with Crippen LogP contribution in [-0.2, 0) is 0 Å². The number of hydrogen-bond donors (Lipinski definition) is 3. The summed E-state index contributed by atoms with van der Waals surface area (Å²) in [5.41, 5.74) is 1.47. The molecule has 0 unspecified atom stereocenters. The Morgan fingerprint density at radius 3 is 1.61 bits per heavy atom. The minimum Gasteiger partial charge on any atom is -0.497 e. The number of anilines is 2. The first-order valence-electron chi connectivity index (χ1n) is 10.2. The quantitative estimate of drug-likeness (QED) is 0.444. The fraction of sp³-hybridized carbons (Fsp3) is 0.250. The molecule has 0 saturated heterocycles. The average molecular weight is 471 g/mol. The van der Waals surface area contributed by atoms with Crippen molar-refractivity contribution in [3.8, 4) is 11.5 Å². The van der Waals surface area contributed by atoms with Gasteiger partial charge in [-0.05, 0) is 61.7 Å². The largest absolute Gasteiger partial charge is 0.497 e. The van der Waals surface area contributed by atoms with Gasteiger partial charge in [0.2, 0.25) is 5.95 Å². The van der Waals surface area contributed by atoms with Crippen molar-refractivity contribution in [2.45, 2.75) is 20.8 Å². The third kappa shape index (κ3) is 8.46. The second kappa shape index (κ2) is 14.5. The highest BCUT2D eigenvalue weighted by molar-refractivity contribution is 7.79. The van der Waals surface area contributed by atoms with Crippen LogP contribution in [0.2, 0.25) is 0 Å². The Balaban J connectivity index is 0.00000129. The maximum Gasteiger partial charge on any atom is 0.258 e. The minimum absolute atomic E-state index is 0.0934. The number of aryl methyl sites for hydroxylation is 1. The average Bonchev–Trinajstić information content (AvgIpc) is 2.86. The first kappa shape index (κ1) is 27.4. The molecule has 0 aliphatic carbocycles. The molecular weight excluding hydrogens is 440 g/mol. The molecule has 2 N–H and O–H groups in total. The number of methoxy groups -OCH3 is 2. The van der Waals surface area contributed by atoms with Crippen LogP contribution in [0.25, 0.3) is 0 Å². The summed E-state index contributed by atoms with van der Waals surface area (Å²) in [4.78, 5) is 33.2. The van der Waals surface area contributed by atoms with Gasteiger partial charge in [0.25, 0.3) is 11.8 Å². The van der Waals surface area contributed by atoms with Crippen molar-refractivity contribution in [2.75, 3.05) is 31.1 Å². The standard InChI is InChI=1S/C21H20N4O4.C2H6.CH4S/c1-13-12-18(23-19(26)14-4-8-16(28-2)9-5-14)24-21(22-13)25-20(27)15-6-10-17(29-3)11-7-15;2*1-2/h4-12H,1-3H3,(H2,22,23,24,25,26,27);1-2H3;2H,1H3. The van der Waals surface area contributed by atoms with E-state index < -0.39 is 0 Å². The Morgan fingerprint density at radius 1 is 0.758 bits per heavy atom. The Bertz CT molecular complexity index is 946. The number of thiol groups is 1. The van der Waals surface area contributed by atoms with Crippen LogP contribution in [0.1, 0.15) is 40.3 Å². The van der Waals surface area contributed by atoms with Gasteiger partial charge in [-0.1, -0.05) is 13.8 Å². The number of carbonyl (C=O) groups excluding carboxylic acids is 2. The third-order valence-corrected chi connectivity index (χ3v) is 4.03. The number of ether oxygens (including phenoxy) is 2. The van der Waals surface area contributed by atoms with E-state index in [4.69, 9.17) is 9.47 Å². The summed E-state index contributed by atoms with van der Waals surface area (Å²) in [6, 6.07) is 14.9. The molecule has 33 heavy (non-hydrogen) atoms. The van der Waals surface area contributed by atoms with Gasteiger partial charge in [-0.3, -0.25) is 14.9 Å². The zero-order valence-electron chi connectivity index (χ0n) is 19.7. The number of carbonyl (C=O) groups is 2. The van der Waals surface area contributed by atoms with E-state index >= 15 is 0 Å². The fourth-order valence-corrected chi connectivity index (χ4v) is 2.54. The van der Waals surface area contributed by atoms with Gasteiger partial charge in [0.1, 0.15) is 17.3 Å². The SMILES string of the molecule is CC.COc1ccc(C(=O)Nc2cc(C)nc(NC(=O)c3ccc(OC)cc3)n2)cc1.CS. The Kier molecular flexibility index (Phi) is 12.0. The summed E-state index contributed by atoms with van der Waals surface area (Å²) in [7, 11) is 3.11. The van der Waals surface area contributed by atoms with Crippen LogP contribution in [0.15, 0.2) is 54.6 Å². The lowest BCUT2D eigenvalue weighted by Gasteiger charge is -2.09. The maximum atomic E-state index is 12.4. The number of aromatic nitrogens is 2. The second-order valence-corrected chi connectivity index (χ2v) is 6.08. The molecule has 9 heteroatoms. The van der Waals surface area contributed by atoms with Crippen molar-refractivity contribution in [3.63, 3.8) is 0 Å². The van der Waals surface area contributed by atoms with Crippen LogP contribution >= 0.6 is 12.6 Å². The van der Waals surface area contributed by atoms with Crippen molar-refractivity contribution >= 4 is 36.2 Å². The van der Waals surface area contributed by atoms with Crippen molar-refractivity contribution in [1.29, 1.82) is 0 Å². The van der Waals surface area contributed by atoms with Gasteiger partial charge in [-0.15, -0.1) is 0 Å². The van der Waals surface area contributed by atoms with Crippen molar-refractivity contribution in [3.05, 3.63) is 71.4 Å². The molecule has 3 rings (SSSR count). The molecule has 0 aliphatic rings. The lowest BCUT2D eigenvalue weighted by atomic mass is 10.2. The van der Waals surface area contributed by atoms with Crippen LogP contribution in [0.3, 0.4) is 0 Å². The molecule has 0 atom stereocenters. The number of nitrogens with zero attached hydrogens (tertiary/aromatic N) is 2. The summed E-state index contributed by atoms with van der Waals surface area (Å²) < 4.78 is 10.2. The monoisotopic (exact) mass is 470 g/mol. The number of benzene rings is 2. The van der Waals surface area contributed by atoms with E-state index in [0.717, 1.165) is 0 Å². The second-order valence-electron chi connectivity index (χ2n) is 6.08. The van der Waals surface area contributed by atoms with Crippen LogP contribution in [0, 0.1) is 6.92 Å². The number of amides is 2. The Morgan fingerprint density at radius 2 is 1.18 bits per heavy atom. The molecule has 0 bridgehead atoms. The van der Waals surface area contributed by atoms with E-state index in [-0.39, 0.29) is 23.6 Å². The molecule has 2 amide bonds. The fourth-order valence-electron chi connectivity index (χ4n) is 2.54. The van der Waals surface area contributed by atoms with Gasteiger partial charge in [0.05, 0.1) is 14.2 Å². The highest BCUT2D eigenvalue weighted by atomic mass is 32.1. The summed E-state index contributed by atoms with van der Waals surface area (Å²) in [6.07, 6.45) is 1.69. The molecule has 0 saturated carbocycles. The normalized spacial score (nSPS) is 9.30. The van der Waals surface area contributed by atoms with Gasteiger partial charge in [-0.25, -0.2) is 4.98 Å². The minimum atomic E-state index is -0.370. The number of rotatable bonds is 6. The first-order chi connectivity index (χ1) is 16.0. The summed E-state index contributed by atoms with van der Waals surface area (Å²) in [5, 5.41) is 5.34. The van der Waals surface area contributed by atoms with Gasteiger partial charge in [0.15, 0.2) is 0 Å². The van der Waals surface area contributed by atoms with Gasteiger partial charge in [-0.2, -0.15) is 17.6 Å². The van der Waals surface area contributed by atoms with Crippen molar-refractivity contribution < 1.29 is 19.1 Å². The Labute approximate surface area is 200 Å². The topological polar surface area (TPSA) is 102 Å². The summed E-state index contributed by atoms with van der Waals surface area (Å²) in [6.45, 7) is 5.74. The number of hydrogen-bond acceptors (Lipinski definition) is 7. The molecule has 3 aromatic rings. The molecule has 0 spiro atoms. The molecule has 0 aliphatic heterocycles. The summed E-state index contributed by atoms with van der Waals surface area (Å²) >= 11 is 3.53. The zero-order chi connectivity index (χ0) is 24.8. The summed E-state index contributed by atoms with van der Waals surface area (Å²) in [5.74, 6) is 0.975. The molecule has 8 nitrogen and oxygen atoms in total. The maximum absolute atomic E-state index is 12.4. The van der Waals surface area contributed by atoms with Crippen LogP contribution in [-0.4, -0.2) is 42.3 Å². The molecule has 0 radical (unpaired) electrons. The van der Waals surface area contributed by atoms with Gasteiger partial charge >= 0.3 is 0 Å². The lowest BCUT2D eigenvalue weighted by molar-refractivity contribution is 0.101. The van der Waals surface area contributed by atoms with E-state index in [1.165, 1.54) is 0 Å². The first-order valence-corrected chi connectivity index (χ1v) is 11.1. The van der Waals surface area contributed by atoms with E-state index in [2.05, 4.69) is 33.2 Å². The highest BCUT2D eigenvalue weighted by Crippen LogP contribution is 2.16. The Hall–Kier alpha value is -3.59. The van der Waals surface area contributed by atoms with E-state index in [1.807, 2.05) is 13.8 Å². The lowest BCUT2D eigenvalue weighted by Crippen LogP contribution is -2.17. The van der Waals surface area contributed by atoms with Crippen molar-refractivity contribution in [2.24, 2.45) is 0 Å². The molecule has 0 fully saturated rings. The highest BCUT2D eigenvalue weighted by Gasteiger charge is 2.12. The number of nitrogens with one attached hydrogen (secondary N) is 2. The van der Waals surface area contributed by atoms with Crippen LogP contribution in [0.5, 0.6) is 11.5 Å². The van der Waals surface area contributed by atoms with Gasteiger partial charge < -0.3 is 14.8 Å². The predicted octanol–water partition coefficient (Wildman–Crippen LogP) is 4.88.